The number of ether oxygens (including phenoxy) is 1. The van der Waals surface area contributed by atoms with Gasteiger partial charge in [0.15, 0.2) is 0 Å². The summed E-state index contributed by atoms with van der Waals surface area (Å²) in [5.41, 5.74) is 2.57. The average Bonchev–Trinajstić information content (AvgIpc) is 3.03. The molecule has 4 nitrogen and oxygen atoms in total. The molecule has 1 aromatic heterocycles. The number of H-pyrrole nitrogens is 1. The molecule has 0 fully saturated rings. The molecule has 24 heavy (non-hydrogen) atoms. The third-order valence-corrected chi connectivity index (χ3v) is 4.28. The summed E-state index contributed by atoms with van der Waals surface area (Å²) >= 11 is 0. The van der Waals surface area contributed by atoms with Crippen molar-refractivity contribution in [3.8, 4) is 5.75 Å². The van der Waals surface area contributed by atoms with Gasteiger partial charge >= 0.3 is 0 Å². The third-order valence-electron chi connectivity index (χ3n) is 4.28. The third kappa shape index (κ3) is 5.68. The summed E-state index contributed by atoms with van der Waals surface area (Å²) in [5, 5.41) is 3.75. The van der Waals surface area contributed by atoms with E-state index in [4.69, 9.17) is 4.74 Å². The molecule has 2 rings (SSSR count). The van der Waals surface area contributed by atoms with E-state index in [2.05, 4.69) is 55.1 Å². The van der Waals surface area contributed by atoms with Gasteiger partial charge in [-0.2, -0.15) is 0 Å². The number of nitrogens with one attached hydrogen (secondary N) is 2. The van der Waals surface area contributed by atoms with Gasteiger partial charge in [0.2, 0.25) is 0 Å². The molecule has 2 aromatic rings. The van der Waals surface area contributed by atoms with Gasteiger partial charge in [-0.25, -0.2) is 4.98 Å². The molecule has 1 aromatic carbocycles. The minimum atomic E-state index is 0.0956. The fourth-order valence-electron chi connectivity index (χ4n) is 3.18. The average molecular weight is 329 g/mol. The monoisotopic (exact) mass is 329 g/mol. The van der Waals surface area contributed by atoms with E-state index in [1.807, 2.05) is 18.3 Å². The lowest BCUT2D eigenvalue weighted by Gasteiger charge is -2.29. The van der Waals surface area contributed by atoms with Crippen LogP contribution in [0, 0.1) is 0 Å². The molecule has 4 heteroatoms. The minimum absolute atomic E-state index is 0.0956. The van der Waals surface area contributed by atoms with Gasteiger partial charge < -0.3 is 15.0 Å². The SMILES string of the molecule is COc1ccccc1[C@H](C)CC[C@H](Cc1cnc[nH]1)NC(C)(C)C. The Morgan fingerprint density at radius 1 is 1.21 bits per heavy atom. The minimum Gasteiger partial charge on any atom is -0.496 e. The number of para-hydroxylation sites is 1. The zero-order chi connectivity index (χ0) is 17.6. The van der Waals surface area contributed by atoms with Crippen LogP contribution in [0.3, 0.4) is 0 Å². The Bertz CT molecular complexity index is 602. The second-order valence-electron chi connectivity index (χ2n) is 7.59. The van der Waals surface area contributed by atoms with Gasteiger partial charge in [-0.15, -0.1) is 0 Å². The summed E-state index contributed by atoms with van der Waals surface area (Å²) in [5.74, 6) is 1.45. The van der Waals surface area contributed by atoms with Crippen molar-refractivity contribution in [1.82, 2.24) is 15.3 Å². The first kappa shape index (κ1) is 18.5. The standard InChI is InChI=1S/C20H31N3O/c1-15(18-8-6-7-9-19(18)24-5)10-11-16(23-20(2,3)4)12-17-13-21-14-22-17/h6-9,13-16,23H,10-12H2,1-5H3,(H,21,22)/t15-,16-/m1/s1. The lowest BCUT2D eigenvalue weighted by Crippen LogP contribution is -2.44. The number of benzene rings is 1. The Kier molecular flexibility index (Phi) is 6.44. The van der Waals surface area contributed by atoms with Crippen LogP contribution in [0.2, 0.25) is 0 Å². The number of hydrogen-bond donors (Lipinski definition) is 2. The molecule has 1 heterocycles. The van der Waals surface area contributed by atoms with Gasteiger partial charge in [-0.1, -0.05) is 25.1 Å². The summed E-state index contributed by atoms with van der Waals surface area (Å²) in [6.45, 7) is 8.94. The molecule has 0 amide bonds. The summed E-state index contributed by atoms with van der Waals surface area (Å²) in [6.07, 6.45) is 6.86. The lowest BCUT2D eigenvalue weighted by atomic mass is 9.91. The molecule has 0 saturated carbocycles. The van der Waals surface area contributed by atoms with Crippen molar-refractivity contribution in [3.63, 3.8) is 0 Å². The number of imidazole rings is 1. The second kappa shape index (κ2) is 8.34. The van der Waals surface area contributed by atoms with Crippen molar-refractivity contribution in [2.45, 2.75) is 64.5 Å². The highest BCUT2D eigenvalue weighted by Gasteiger charge is 2.20. The van der Waals surface area contributed by atoms with Crippen LogP contribution in [0.5, 0.6) is 5.75 Å². The van der Waals surface area contributed by atoms with E-state index in [1.165, 1.54) is 11.3 Å². The number of aromatic nitrogens is 2. The van der Waals surface area contributed by atoms with E-state index in [0.717, 1.165) is 25.0 Å². The summed E-state index contributed by atoms with van der Waals surface area (Å²) < 4.78 is 5.51. The fraction of sp³-hybridized carbons (Fsp3) is 0.550. The summed E-state index contributed by atoms with van der Waals surface area (Å²) in [7, 11) is 1.74. The van der Waals surface area contributed by atoms with Gasteiger partial charge in [0.1, 0.15) is 5.75 Å². The molecule has 0 bridgehead atoms. The molecule has 132 valence electrons. The largest absolute Gasteiger partial charge is 0.496 e. The van der Waals surface area contributed by atoms with Crippen molar-refractivity contribution in [3.05, 3.63) is 48.0 Å². The molecular weight excluding hydrogens is 298 g/mol. The van der Waals surface area contributed by atoms with E-state index in [9.17, 15) is 0 Å². The molecule has 2 N–H and O–H groups in total. The molecule has 0 radical (unpaired) electrons. The van der Waals surface area contributed by atoms with Crippen LogP contribution in [0.25, 0.3) is 0 Å². The Morgan fingerprint density at radius 3 is 2.58 bits per heavy atom. The highest BCUT2D eigenvalue weighted by Crippen LogP contribution is 2.30. The maximum atomic E-state index is 5.51. The van der Waals surface area contributed by atoms with E-state index in [-0.39, 0.29) is 5.54 Å². The first-order valence-electron chi connectivity index (χ1n) is 8.77. The number of aromatic amines is 1. The van der Waals surface area contributed by atoms with Crippen LogP contribution in [0.4, 0.5) is 0 Å². The number of rotatable bonds is 8. The predicted molar refractivity (Wildman–Crippen MR) is 99.6 cm³/mol. The molecule has 0 unspecified atom stereocenters. The maximum absolute atomic E-state index is 5.51. The molecule has 0 aliphatic heterocycles. The van der Waals surface area contributed by atoms with Gasteiger partial charge in [0, 0.05) is 29.9 Å². The van der Waals surface area contributed by atoms with Gasteiger partial charge in [0.25, 0.3) is 0 Å². The zero-order valence-corrected chi connectivity index (χ0v) is 15.6. The Morgan fingerprint density at radius 2 is 1.96 bits per heavy atom. The van der Waals surface area contributed by atoms with Crippen LogP contribution in [0.1, 0.15) is 57.7 Å². The lowest BCUT2D eigenvalue weighted by molar-refractivity contribution is 0.331. The van der Waals surface area contributed by atoms with Gasteiger partial charge in [-0.05, 0) is 51.2 Å². The van der Waals surface area contributed by atoms with Crippen LogP contribution < -0.4 is 10.1 Å². The first-order chi connectivity index (χ1) is 11.4. The quantitative estimate of drug-likeness (QED) is 0.759. The normalized spacial score (nSPS) is 14.4. The van der Waals surface area contributed by atoms with Crippen molar-refractivity contribution >= 4 is 0 Å². The van der Waals surface area contributed by atoms with E-state index < -0.39 is 0 Å². The number of nitrogens with zero attached hydrogens (tertiary/aromatic N) is 1. The van der Waals surface area contributed by atoms with Crippen molar-refractivity contribution < 1.29 is 4.74 Å². The molecule has 0 spiro atoms. The highest BCUT2D eigenvalue weighted by atomic mass is 16.5. The molecular formula is C20H31N3O. The summed E-state index contributed by atoms with van der Waals surface area (Å²) in [4.78, 5) is 7.36. The van der Waals surface area contributed by atoms with Crippen molar-refractivity contribution in [1.29, 1.82) is 0 Å². The molecule has 0 aliphatic rings. The molecule has 2 atom stereocenters. The van der Waals surface area contributed by atoms with Crippen molar-refractivity contribution in [2.75, 3.05) is 7.11 Å². The number of methoxy groups -OCH3 is 1. The van der Waals surface area contributed by atoms with Crippen LogP contribution in [-0.4, -0.2) is 28.7 Å². The zero-order valence-electron chi connectivity index (χ0n) is 15.6. The predicted octanol–water partition coefficient (Wildman–Crippen LogP) is 4.30. The van der Waals surface area contributed by atoms with E-state index in [1.54, 1.807) is 13.4 Å². The Labute approximate surface area is 146 Å². The second-order valence-corrected chi connectivity index (χ2v) is 7.59. The Hall–Kier alpha value is -1.81. The topological polar surface area (TPSA) is 49.9 Å². The van der Waals surface area contributed by atoms with E-state index >= 15 is 0 Å². The Balaban J connectivity index is 2.00. The van der Waals surface area contributed by atoms with E-state index in [0.29, 0.717) is 12.0 Å². The maximum Gasteiger partial charge on any atom is 0.122 e. The summed E-state index contributed by atoms with van der Waals surface area (Å²) in [6, 6.07) is 8.75. The fourth-order valence-corrected chi connectivity index (χ4v) is 3.18. The smallest absolute Gasteiger partial charge is 0.122 e. The van der Waals surface area contributed by atoms with Gasteiger partial charge in [0.05, 0.1) is 13.4 Å². The van der Waals surface area contributed by atoms with Crippen LogP contribution in [-0.2, 0) is 6.42 Å². The highest BCUT2D eigenvalue weighted by molar-refractivity contribution is 5.35. The molecule has 0 aliphatic carbocycles. The first-order valence-corrected chi connectivity index (χ1v) is 8.77. The van der Waals surface area contributed by atoms with Gasteiger partial charge in [-0.3, -0.25) is 0 Å². The molecule has 0 saturated heterocycles. The number of hydrogen-bond acceptors (Lipinski definition) is 3. The van der Waals surface area contributed by atoms with Crippen LogP contribution in [0.15, 0.2) is 36.8 Å². The van der Waals surface area contributed by atoms with Crippen LogP contribution >= 0.6 is 0 Å². The van der Waals surface area contributed by atoms with Crippen molar-refractivity contribution in [2.24, 2.45) is 0 Å².